The summed E-state index contributed by atoms with van der Waals surface area (Å²) in [5, 5.41) is 3.13. The van der Waals surface area contributed by atoms with Crippen LogP contribution in [0.25, 0.3) is 33.4 Å². The second-order valence-corrected chi connectivity index (χ2v) is 14.3. The van der Waals surface area contributed by atoms with Crippen molar-refractivity contribution in [2.75, 3.05) is 0 Å². The summed E-state index contributed by atoms with van der Waals surface area (Å²) in [6.45, 7) is 0. The van der Waals surface area contributed by atoms with Crippen molar-refractivity contribution in [2.45, 2.75) is 0 Å². The highest BCUT2D eigenvalue weighted by molar-refractivity contribution is 8.26. The topological polar surface area (TPSA) is 18.5 Å². The molecule has 6 aromatic rings. The van der Waals surface area contributed by atoms with E-state index < -0.39 is 6.04 Å². The minimum atomic E-state index is -2.57. The fourth-order valence-corrected chi connectivity index (χ4v) is 10.4. The molecule has 6 aromatic carbocycles. The lowest BCUT2D eigenvalue weighted by Gasteiger charge is -2.39. The lowest BCUT2D eigenvalue weighted by molar-refractivity contribution is 0.468. The Balaban J connectivity index is 1.46. The van der Waals surface area contributed by atoms with Gasteiger partial charge in [-0.1, -0.05) is 121 Å². The first-order valence-corrected chi connectivity index (χ1v) is 16.1. The van der Waals surface area contributed by atoms with Crippen molar-refractivity contribution in [2.24, 2.45) is 0 Å². The van der Waals surface area contributed by atoms with Crippen molar-refractivity contribution < 1.29 is 9.47 Å². The van der Waals surface area contributed by atoms with Gasteiger partial charge in [-0.05, 0) is 52.6 Å². The number of rotatable bonds is 3. The molecule has 0 fully saturated rings. The summed E-state index contributed by atoms with van der Waals surface area (Å²) in [6, 6.07) is 45.7. The molecule has 0 aromatic heterocycles. The van der Waals surface area contributed by atoms with Gasteiger partial charge in [0.15, 0.2) is 0 Å². The third-order valence-corrected chi connectivity index (χ3v) is 12.6. The molecule has 0 bridgehead atoms. The maximum atomic E-state index is 6.97. The van der Waals surface area contributed by atoms with Crippen LogP contribution in [-0.2, 0) is 11.8 Å². The maximum Gasteiger partial charge on any atom is 0.148 e. The number of fused-ring (bicyclic) bond motifs is 4. The van der Waals surface area contributed by atoms with Crippen LogP contribution in [0.3, 0.4) is 0 Å². The van der Waals surface area contributed by atoms with Crippen LogP contribution in [0.15, 0.2) is 140 Å². The third kappa shape index (κ3) is 3.45. The zero-order valence-electron chi connectivity index (χ0n) is 21.5. The van der Waals surface area contributed by atoms with Gasteiger partial charge < -0.3 is 9.47 Å². The Hall–Kier alpha value is -4.43. The standard InChI is InChI=1S/C36H23O2PS/c40-39-32-18-10-17-28(25-13-6-2-7-14-25)34(32)38-35-29(26-15-8-3-9-16-26)20-22-31(36(35)39)37-30-21-19-27(23-33(30)39)24-11-4-1-5-12-24/h1-23H. The predicted molar refractivity (Wildman–Crippen MR) is 169 cm³/mol. The summed E-state index contributed by atoms with van der Waals surface area (Å²) in [5.74, 6) is 3.26. The van der Waals surface area contributed by atoms with Gasteiger partial charge in [-0.2, -0.15) is 0 Å². The molecule has 40 heavy (non-hydrogen) atoms. The van der Waals surface area contributed by atoms with Crippen molar-refractivity contribution in [1.82, 2.24) is 0 Å². The van der Waals surface area contributed by atoms with E-state index in [2.05, 4.69) is 121 Å². The van der Waals surface area contributed by atoms with Crippen LogP contribution in [0.1, 0.15) is 0 Å². The first kappa shape index (κ1) is 23.5. The average molecular weight is 551 g/mol. The van der Waals surface area contributed by atoms with Gasteiger partial charge in [-0.15, -0.1) is 0 Å². The molecule has 0 aliphatic carbocycles. The lowest BCUT2D eigenvalue weighted by Crippen LogP contribution is -2.35. The highest BCUT2D eigenvalue weighted by Crippen LogP contribution is 2.61. The zero-order valence-corrected chi connectivity index (χ0v) is 23.2. The van der Waals surface area contributed by atoms with Crippen molar-refractivity contribution in [3.63, 3.8) is 0 Å². The molecule has 0 N–H and O–H groups in total. The van der Waals surface area contributed by atoms with Crippen molar-refractivity contribution in [1.29, 1.82) is 0 Å². The van der Waals surface area contributed by atoms with Gasteiger partial charge in [0.05, 0.1) is 11.3 Å². The molecule has 1 unspecified atom stereocenters. The molecular weight excluding hydrogens is 527 g/mol. The molecule has 0 radical (unpaired) electrons. The molecule has 190 valence electrons. The van der Waals surface area contributed by atoms with E-state index in [1.54, 1.807) is 0 Å². The van der Waals surface area contributed by atoms with Gasteiger partial charge in [-0.25, -0.2) is 0 Å². The number of ether oxygens (including phenoxy) is 2. The summed E-state index contributed by atoms with van der Waals surface area (Å²) < 4.78 is 13.6. The molecule has 2 aliphatic rings. The van der Waals surface area contributed by atoms with Crippen LogP contribution in [-0.4, -0.2) is 0 Å². The van der Waals surface area contributed by atoms with E-state index in [1.165, 1.54) is 0 Å². The van der Waals surface area contributed by atoms with Gasteiger partial charge in [0.2, 0.25) is 0 Å². The van der Waals surface area contributed by atoms with E-state index in [1.807, 2.05) is 18.2 Å². The van der Waals surface area contributed by atoms with Crippen LogP contribution in [0.2, 0.25) is 0 Å². The SMILES string of the molecule is S=P12c3cc(-c4ccccc4)ccc3Oc3ccc(-c4ccccc4)c(c31)Oc1c(-c3ccccc3)cccc12. The summed E-state index contributed by atoms with van der Waals surface area (Å²) in [4.78, 5) is 0. The van der Waals surface area contributed by atoms with E-state index in [-0.39, 0.29) is 0 Å². The minimum Gasteiger partial charge on any atom is -0.456 e. The normalized spacial score (nSPS) is 16.1. The Bertz CT molecular complexity index is 1960. The number of benzene rings is 6. The minimum absolute atomic E-state index is 0.786. The van der Waals surface area contributed by atoms with Crippen LogP contribution in [0, 0.1) is 0 Å². The molecule has 0 amide bonds. The first-order chi connectivity index (χ1) is 19.7. The van der Waals surface area contributed by atoms with Gasteiger partial charge in [0, 0.05) is 21.7 Å². The summed E-state index contributed by atoms with van der Waals surface area (Å²) in [7, 11) is 0. The monoisotopic (exact) mass is 550 g/mol. The molecule has 4 heteroatoms. The van der Waals surface area contributed by atoms with E-state index in [9.17, 15) is 0 Å². The molecule has 2 nitrogen and oxygen atoms in total. The second kappa shape index (κ2) is 9.06. The third-order valence-electron chi connectivity index (χ3n) is 7.74. The quantitative estimate of drug-likeness (QED) is 0.205. The van der Waals surface area contributed by atoms with Crippen LogP contribution in [0.5, 0.6) is 23.0 Å². The molecule has 8 rings (SSSR count). The molecule has 0 saturated carbocycles. The van der Waals surface area contributed by atoms with E-state index in [0.29, 0.717) is 0 Å². The van der Waals surface area contributed by atoms with Gasteiger partial charge in [0.25, 0.3) is 0 Å². The smallest absolute Gasteiger partial charge is 0.148 e. The van der Waals surface area contributed by atoms with Gasteiger partial charge in [0.1, 0.15) is 23.0 Å². The maximum absolute atomic E-state index is 6.97. The Morgan fingerprint density at radius 2 is 1.02 bits per heavy atom. The fourth-order valence-electron chi connectivity index (χ4n) is 5.86. The molecule has 1 atom stereocenters. The van der Waals surface area contributed by atoms with E-state index >= 15 is 0 Å². The Morgan fingerprint density at radius 3 is 1.70 bits per heavy atom. The highest BCUT2D eigenvalue weighted by atomic mass is 32.4. The lowest BCUT2D eigenvalue weighted by atomic mass is 10.0. The van der Waals surface area contributed by atoms with Crippen molar-refractivity contribution >= 4 is 33.8 Å². The predicted octanol–water partition coefficient (Wildman–Crippen LogP) is 8.65. The largest absolute Gasteiger partial charge is 0.456 e. The van der Waals surface area contributed by atoms with E-state index in [4.69, 9.17) is 21.3 Å². The molecule has 0 spiro atoms. The van der Waals surface area contributed by atoms with Crippen molar-refractivity contribution in [3.8, 4) is 56.4 Å². The highest BCUT2D eigenvalue weighted by Gasteiger charge is 2.44. The second-order valence-electron chi connectivity index (χ2n) is 10.0. The Kier molecular flexibility index (Phi) is 5.31. The van der Waals surface area contributed by atoms with E-state index in [0.717, 1.165) is 72.3 Å². The van der Waals surface area contributed by atoms with Crippen LogP contribution >= 0.6 is 6.04 Å². The molecular formula is C36H23O2PS. The summed E-state index contributed by atoms with van der Waals surface area (Å²) in [6.07, 6.45) is 0. The average Bonchev–Trinajstić information content (AvgIpc) is 3.02. The molecule has 0 saturated heterocycles. The van der Waals surface area contributed by atoms with Gasteiger partial charge in [-0.3, -0.25) is 0 Å². The Morgan fingerprint density at radius 1 is 0.425 bits per heavy atom. The van der Waals surface area contributed by atoms with Crippen LogP contribution < -0.4 is 25.4 Å². The van der Waals surface area contributed by atoms with Crippen LogP contribution in [0.4, 0.5) is 0 Å². The number of para-hydroxylation sites is 1. The molecule has 2 aliphatic heterocycles. The van der Waals surface area contributed by atoms with Crippen molar-refractivity contribution in [3.05, 3.63) is 140 Å². The fraction of sp³-hybridized carbons (Fsp3) is 0. The molecule has 2 heterocycles. The summed E-state index contributed by atoms with van der Waals surface area (Å²) >= 11 is 6.94. The number of hydrogen-bond acceptors (Lipinski definition) is 3. The van der Waals surface area contributed by atoms with Gasteiger partial charge >= 0.3 is 0 Å². The summed E-state index contributed by atoms with van der Waals surface area (Å²) in [5.41, 5.74) is 6.55. The first-order valence-electron chi connectivity index (χ1n) is 13.3. The Labute approximate surface area is 238 Å². The zero-order chi connectivity index (χ0) is 26.7. The number of hydrogen-bond donors (Lipinski definition) is 0.